The molecule has 0 fully saturated rings. The first-order chi connectivity index (χ1) is 9.42. The van der Waals surface area contributed by atoms with Gasteiger partial charge in [-0.25, -0.2) is 12.8 Å². The highest BCUT2D eigenvalue weighted by Crippen LogP contribution is 2.22. The third-order valence-corrected chi connectivity index (χ3v) is 4.27. The van der Waals surface area contributed by atoms with Crippen molar-refractivity contribution >= 4 is 27.3 Å². The number of hydrogen-bond donors (Lipinski definition) is 2. The van der Waals surface area contributed by atoms with Gasteiger partial charge in [0.25, 0.3) is 10.0 Å². The van der Waals surface area contributed by atoms with Crippen LogP contribution in [0.15, 0.2) is 47.4 Å². The molecule has 2 N–H and O–H groups in total. The van der Waals surface area contributed by atoms with E-state index < -0.39 is 15.8 Å². The van der Waals surface area contributed by atoms with E-state index in [4.69, 9.17) is 16.7 Å². The van der Waals surface area contributed by atoms with Crippen LogP contribution in [0.5, 0.6) is 0 Å². The lowest BCUT2D eigenvalue weighted by atomic mass is 10.2. The second-order valence-corrected chi connectivity index (χ2v) is 6.13. The van der Waals surface area contributed by atoms with Crippen molar-refractivity contribution in [2.24, 2.45) is 0 Å². The molecule has 0 aromatic heterocycles. The summed E-state index contributed by atoms with van der Waals surface area (Å²) < 4.78 is 39.5. The van der Waals surface area contributed by atoms with Gasteiger partial charge in [-0.2, -0.15) is 0 Å². The number of anilines is 1. The van der Waals surface area contributed by atoms with Crippen molar-refractivity contribution in [3.63, 3.8) is 0 Å². The Morgan fingerprint density at radius 3 is 2.35 bits per heavy atom. The van der Waals surface area contributed by atoms with E-state index >= 15 is 0 Å². The number of halogens is 2. The maximum absolute atomic E-state index is 13.0. The van der Waals surface area contributed by atoms with E-state index in [9.17, 15) is 12.8 Å². The van der Waals surface area contributed by atoms with Gasteiger partial charge in [0.1, 0.15) is 5.82 Å². The minimum Gasteiger partial charge on any atom is -0.392 e. The fourth-order valence-corrected chi connectivity index (χ4v) is 2.78. The maximum atomic E-state index is 13.0. The first kappa shape index (κ1) is 14.8. The molecule has 0 saturated carbocycles. The van der Waals surface area contributed by atoms with Crippen LogP contribution in [0.2, 0.25) is 5.02 Å². The minimum atomic E-state index is -3.78. The van der Waals surface area contributed by atoms with E-state index in [1.54, 1.807) is 0 Å². The molecule has 2 rings (SSSR count). The second-order valence-electron chi connectivity index (χ2n) is 4.04. The van der Waals surface area contributed by atoms with Gasteiger partial charge in [0.05, 0.1) is 22.2 Å². The fraction of sp³-hybridized carbons (Fsp3) is 0.0769. The van der Waals surface area contributed by atoms with Crippen LogP contribution in [-0.2, 0) is 16.6 Å². The van der Waals surface area contributed by atoms with Crippen LogP contribution in [0.1, 0.15) is 5.56 Å². The van der Waals surface area contributed by atoms with Crippen LogP contribution in [0.3, 0.4) is 0 Å². The lowest BCUT2D eigenvalue weighted by Gasteiger charge is -2.09. The SMILES string of the molecule is O=S(=O)(Nc1ccc(F)c(Cl)c1)c1ccc(CO)cc1. The average Bonchev–Trinajstić information content (AvgIpc) is 2.43. The Morgan fingerprint density at radius 1 is 1.15 bits per heavy atom. The van der Waals surface area contributed by atoms with E-state index in [1.807, 2.05) is 0 Å². The largest absolute Gasteiger partial charge is 0.392 e. The molecule has 2 aromatic rings. The van der Waals surface area contributed by atoms with Gasteiger partial charge in [0, 0.05) is 0 Å². The van der Waals surface area contributed by atoms with Crippen LogP contribution in [0, 0.1) is 5.82 Å². The molecule has 0 radical (unpaired) electrons. The summed E-state index contributed by atoms with van der Waals surface area (Å²) >= 11 is 5.59. The number of rotatable bonds is 4. The van der Waals surface area contributed by atoms with Crippen molar-refractivity contribution in [2.75, 3.05) is 4.72 Å². The van der Waals surface area contributed by atoms with Gasteiger partial charge in [0.2, 0.25) is 0 Å². The summed E-state index contributed by atoms with van der Waals surface area (Å²) in [5.41, 5.74) is 0.774. The van der Waals surface area contributed by atoms with Crippen molar-refractivity contribution in [3.05, 3.63) is 58.9 Å². The Bertz CT molecular complexity index is 717. The number of nitrogens with one attached hydrogen (secondary N) is 1. The summed E-state index contributed by atoms with van der Waals surface area (Å²) in [5.74, 6) is -0.623. The number of aliphatic hydroxyl groups excluding tert-OH is 1. The predicted octanol–water partition coefficient (Wildman–Crippen LogP) is 2.77. The third-order valence-electron chi connectivity index (χ3n) is 2.59. The molecular formula is C13H11ClFNO3S. The molecular weight excluding hydrogens is 305 g/mol. The van der Waals surface area contributed by atoms with Crippen LogP contribution in [0.4, 0.5) is 10.1 Å². The van der Waals surface area contributed by atoms with Gasteiger partial charge in [-0.15, -0.1) is 0 Å². The summed E-state index contributed by atoms with van der Waals surface area (Å²) in [6, 6.07) is 9.31. The molecule has 0 saturated heterocycles. The molecule has 0 bridgehead atoms. The Morgan fingerprint density at radius 2 is 1.80 bits per heavy atom. The number of hydrogen-bond acceptors (Lipinski definition) is 3. The molecule has 0 atom stereocenters. The highest BCUT2D eigenvalue weighted by atomic mass is 35.5. The molecule has 4 nitrogen and oxygen atoms in total. The van der Waals surface area contributed by atoms with Gasteiger partial charge in [-0.1, -0.05) is 23.7 Å². The van der Waals surface area contributed by atoms with E-state index in [-0.39, 0.29) is 22.2 Å². The smallest absolute Gasteiger partial charge is 0.261 e. The summed E-state index contributed by atoms with van der Waals surface area (Å²) in [4.78, 5) is 0.0372. The van der Waals surface area contributed by atoms with Crippen LogP contribution in [-0.4, -0.2) is 13.5 Å². The van der Waals surface area contributed by atoms with Gasteiger partial charge >= 0.3 is 0 Å². The monoisotopic (exact) mass is 315 g/mol. The molecule has 0 unspecified atom stereocenters. The molecule has 0 aliphatic rings. The van der Waals surface area contributed by atoms with E-state index in [1.165, 1.54) is 36.4 Å². The van der Waals surface area contributed by atoms with E-state index in [2.05, 4.69) is 4.72 Å². The van der Waals surface area contributed by atoms with Gasteiger partial charge < -0.3 is 5.11 Å². The molecule has 0 spiro atoms. The summed E-state index contributed by atoms with van der Waals surface area (Å²) in [7, 11) is -3.78. The van der Waals surface area contributed by atoms with E-state index in [0.717, 1.165) is 6.07 Å². The Kier molecular flexibility index (Phi) is 4.27. The summed E-state index contributed by atoms with van der Waals surface area (Å²) in [6.07, 6.45) is 0. The summed E-state index contributed by atoms with van der Waals surface area (Å²) in [6.45, 7) is -0.165. The zero-order valence-electron chi connectivity index (χ0n) is 10.2. The van der Waals surface area contributed by atoms with E-state index in [0.29, 0.717) is 5.56 Å². The minimum absolute atomic E-state index is 0.0372. The van der Waals surface area contributed by atoms with Crippen molar-refractivity contribution in [3.8, 4) is 0 Å². The zero-order chi connectivity index (χ0) is 14.8. The topological polar surface area (TPSA) is 66.4 Å². The van der Waals surface area contributed by atoms with Gasteiger partial charge in [0.15, 0.2) is 0 Å². The zero-order valence-corrected chi connectivity index (χ0v) is 11.7. The van der Waals surface area contributed by atoms with Gasteiger partial charge in [-0.3, -0.25) is 4.72 Å². The Balaban J connectivity index is 2.27. The van der Waals surface area contributed by atoms with Crippen molar-refractivity contribution < 1.29 is 17.9 Å². The average molecular weight is 316 g/mol. The second kappa shape index (κ2) is 5.78. The molecule has 0 aliphatic carbocycles. The number of benzene rings is 2. The quantitative estimate of drug-likeness (QED) is 0.911. The molecule has 7 heteroatoms. The van der Waals surface area contributed by atoms with Crippen LogP contribution < -0.4 is 4.72 Å². The highest BCUT2D eigenvalue weighted by Gasteiger charge is 2.14. The van der Waals surface area contributed by atoms with Gasteiger partial charge in [-0.05, 0) is 35.9 Å². The van der Waals surface area contributed by atoms with Crippen molar-refractivity contribution in [1.82, 2.24) is 0 Å². The Hall–Kier alpha value is -1.63. The predicted molar refractivity (Wildman–Crippen MR) is 74.6 cm³/mol. The summed E-state index contributed by atoms with van der Waals surface area (Å²) in [5, 5.41) is 8.74. The first-order valence-corrected chi connectivity index (χ1v) is 7.46. The molecule has 0 heterocycles. The highest BCUT2D eigenvalue weighted by molar-refractivity contribution is 7.92. The molecule has 0 amide bonds. The number of sulfonamides is 1. The lowest BCUT2D eigenvalue weighted by Crippen LogP contribution is -2.13. The van der Waals surface area contributed by atoms with Crippen molar-refractivity contribution in [2.45, 2.75) is 11.5 Å². The Labute approximate surface area is 120 Å². The lowest BCUT2D eigenvalue weighted by molar-refractivity contribution is 0.282. The molecule has 2 aromatic carbocycles. The fourth-order valence-electron chi connectivity index (χ4n) is 1.55. The first-order valence-electron chi connectivity index (χ1n) is 5.60. The van der Waals surface area contributed by atoms with Crippen molar-refractivity contribution in [1.29, 1.82) is 0 Å². The maximum Gasteiger partial charge on any atom is 0.261 e. The molecule has 20 heavy (non-hydrogen) atoms. The van der Waals surface area contributed by atoms with Crippen LogP contribution >= 0.6 is 11.6 Å². The third kappa shape index (κ3) is 3.27. The van der Waals surface area contributed by atoms with Crippen LogP contribution in [0.25, 0.3) is 0 Å². The molecule has 106 valence electrons. The standard InChI is InChI=1S/C13H11ClFNO3S/c14-12-7-10(3-6-13(12)15)16-20(18,19)11-4-1-9(8-17)2-5-11/h1-7,16-17H,8H2. The molecule has 0 aliphatic heterocycles. The normalized spacial score (nSPS) is 11.3. The number of aliphatic hydroxyl groups is 1.